The summed E-state index contributed by atoms with van der Waals surface area (Å²) < 4.78 is 19.2. The highest BCUT2D eigenvalue weighted by molar-refractivity contribution is 6.31. The lowest BCUT2D eigenvalue weighted by Gasteiger charge is -2.02. The van der Waals surface area contributed by atoms with Gasteiger partial charge in [-0.2, -0.15) is 0 Å². The van der Waals surface area contributed by atoms with Crippen molar-refractivity contribution in [1.82, 2.24) is 9.97 Å². The molecule has 0 bridgehead atoms. The molecule has 0 aliphatic heterocycles. The molecule has 2 aromatic heterocycles. The van der Waals surface area contributed by atoms with Crippen LogP contribution in [0.3, 0.4) is 0 Å². The summed E-state index contributed by atoms with van der Waals surface area (Å²) in [5.41, 5.74) is 1.57. The van der Waals surface area contributed by atoms with Gasteiger partial charge in [0.25, 0.3) is 0 Å². The molecule has 0 spiro atoms. The van der Waals surface area contributed by atoms with Crippen LogP contribution >= 0.6 is 11.6 Å². The van der Waals surface area contributed by atoms with E-state index in [-0.39, 0.29) is 27.3 Å². The van der Waals surface area contributed by atoms with E-state index in [1.54, 1.807) is 12.1 Å². The van der Waals surface area contributed by atoms with Gasteiger partial charge in [-0.25, -0.2) is 9.37 Å². The van der Waals surface area contributed by atoms with Crippen molar-refractivity contribution in [3.63, 3.8) is 0 Å². The Morgan fingerprint density at radius 1 is 1.23 bits per heavy atom. The number of pyridine rings is 1. The zero-order chi connectivity index (χ0) is 15.3. The number of halogens is 2. The number of oxazole rings is 1. The number of benzene rings is 2. The lowest BCUT2D eigenvalue weighted by molar-refractivity contribution is 0.618. The van der Waals surface area contributed by atoms with E-state index in [2.05, 4.69) is 9.97 Å². The van der Waals surface area contributed by atoms with E-state index in [9.17, 15) is 9.18 Å². The zero-order valence-corrected chi connectivity index (χ0v) is 11.8. The normalized spacial score (nSPS) is 11.4. The molecule has 22 heavy (non-hydrogen) atoms. The van der Waals surface area contributed by atoms with Crippen LogP contribution in [-0.2, 0) is 0 Å². The summed E-state index contributed by atoms with van der Waals surface area (Å²) in [6, 6.07) is 9.69. The van der Waals surface area contributed by atoms with Gasteiger partial charge in [0, 0.05) is 11.6 Å². The van der Waals surface area contributed by atoms with Crippen LogP contribution in [0.1, 0.15) is 0 Å². The zero-order valence-electron chi connectivity index (χ0n) is 11.1. The SMILES string of the molecule is O=c1c(-c2nc3ccccc3o2)c[nH]c2cc(Cl)c(F)cc12. The Labute approximate surface area is 128 Å². The molecule has 1 N–H and O–H groups in total. The lowest BCUT2D eigenvalue weighted by Crippen LogP contribution is -2.07. The highest BCUT2D eigenvalue weighted by atomic mass is 35.5. The summed E-state index contributed by atoms with van der Waals surface area (Å²) >= 11 is 5.72. The summed E-state index contributed by atoms with van der Waals surface area (Å²) in [5.74, 6) is -0.450. The lowest BCUT2D eigenvalue weighted by atomic mass is 10.1. The fraction of sp³-hybridized carbons (Fsp3) is 0. The van der Waals surface area contributed by atoms with Crippen molar-refractivity contribution < 1.29 is 8.81 Å². The molecular formula is C16H8ClFN2O2. The predicted octanol–water partition coefficient (Wildman–Crippen LogP) is 4.13. The minimum Gasteiger partial charge on any atom is -0.436 e. The van der Waals surface area contributed by atoms with Crippen molar-refractivity contribution in [3.8, 4) is 11.5 Å². The largest absolute Gasteiger partial charge is 0.436 e. The Hall–Kier alpha value is -2.66. The molecule has 0 fully saturated rings. The number of para-hydroxylation sites is 2. The smallest absolute Gasteiger partial charge is 0.232 e. The first-order valence-corrected chi connectivity index (χ1v) is 6.87. The topological polar surface area (TPSA) is 58.9 Å². The first-order chi connectivity index (χ1) is 10.6. The van der Waals surface area contributed by atoms with Crippen LogP contribution in [0.25, 0.3) is 33.5 Å². The second-order valence-corrected chi connectivity index (χ2v) is 5.24. The fourth-order valence-electron chi connectivity index (χ4n) is 2.36. The second kappa shape index (κ2) is 4.68. The maximum absolute atomic E-state index is 13.6. The van der Waals surface area contributed by atoms with Crippen molar-refractivity contribution in [2.24, 2.45) is 0 Å². The summed E-state index contributed by atoms with van der Waals surface area (Å²) in [6.07, 6.45) is 1.49. The summed E-state index contributed by atoms with van der Waals surface area (Å²) in [4.78, 5) is 19.7. The molecule has 0 aliphatic carbocycles. The van der Waals surface area contributed by atoms with E-state index in [1.165, 1.54) is 12.3 Å². The number of aromatic amines is 1. The minimum absolute atomic E-state index is 0.0437. The first kappa shape index (κ1) is 13.0. The van der Waals surface area contributed by atoms with Crippen LogP contribution < -0.4 is 5.43 Å². The van der Waals surface area contributed by atoms with Gasteiger partial charge in [-0.15, -0.1) is 0 Å². The molecule has 0 saturated carbocycles. The number of nitrogens with one attached hydrogen (secondary N) is 1. The van der Waals surface area contributed by atoms with Crippen LogP contribution in [0.2, 0.25) is 5.02 Å². The van der Waals surface area contributed by atoms with Crippen molar-refractivity contribution in [2.75, 3.05) is 0 Å². The predicted molar refractivity (Wildman–Crippen MR) is 82.5 cm³/mol. The molecule has 0 atom stereocenters. The van der Waals surface area contributed by atoms with Crippen molar-refractivity contribution in [3.05, 3.63) is 63.7 Å². The molecule has 4 nitrogen and oxygen atoms in total. The Bertz CT molecular complexity index is 1050. The molecule has 0 unspecified atom stereocenters. The van der Waals surface area contributed by atoms with Gasteiger partial charge in [-0.05, 0) is 24.3 Å². The molecule has 0 radical (unpaired) electrons. The summed E-state index contributed by atoms with van der Waals surface area (Å²) in [7, 11) is 0. The van der Waals surface area contributed by atoms with Gasteiger partial charge < -0.3 is 9.40 Å². The van der Waals surface area contributed by atoms with Gasteiger partial charge >= 0.3 is 0 Å². The Kier molecular flexibility index (Phi) is 2.77. The first-order valence-electron chi connectivity index (χ1n) is 6.50. The number of hydrogen-bond acceptors (Lipinski definition) is 3. The fourth-order valence-corrected chi connectivity index (χ4v) is 2.52. The number of nitrogens with zero attached hydrogens (tertiary/aromatic N) is 1. The number of H-pyrrole nitrogens is 1. The van der Waals surface area contributed by atoms with Gasteiger partial charge in [0.15, 0.2) is 5.58 Å². The highest BCUT2D eigenvalue weighted by Gasteiger charge is 2.15. The van der Waals surface area contributed by atoms with E-state index >= 15 is 0 Å². The number of rotatable bonds is 1. The van der Waals surface area contributed by atoms with Gasteiger partial charge in [-0.1, -0.05) is 23.7 Å². The Morgan fingerprint density at radius 3 is 2.86 bits per heavy atom. The van der Waals surface area contributed by atoms with Crippen LogP contribution in [0.15, 0.2) is 51.8 Å². The quantitative estimate of drug-likeness (QED) is 0.574. The van der Waals surface area contributed by atoms with Crippen LogP contribution in [0, 0.1) is 5.82 Å². The van der Waals surface area contributed by atoms with Gasteiger partial charge in [0.1, 0.15) is 16.9 Å². The van der Waals surface area contributed by atoms with Crippen molar-refractivity contribution in [1.29, 1.82) is 0 Å². The average Bonchev–Trinajstić information content (AvgIpc) is 2.93. The number of hydrogen-bond donors (Lipinski definition) is 1. The van der Waals surface area contributed by atoms with Gasteiger partial charge in [-0.3, -0.25) is 4.79 Å². The summed E-state index contributed by atoms with van der Waals surface area (Å²) in [6.45, 7) is 0. The van der Waals surface area contributed by atoms with E-state index < -0.39 is 5.82 Å². The van der Waals surface area contributed by atoms with Gasteiger partial charge in [0.2, 0.25) is 11.3 Å². The van der Waals surface area contributed by atoms with E-state index in [0.717, 1.165) is 6.07 Å². The number of fused-ring (bicyclic) bond motifs is 2. The molecule has 2 heterocycles. The van der Waals surface area contributed by atoms with Crippen LogP contribution in [-0.4, -0.2) is 9.97 Å². The van der Waals surface area contributed by atoms with E-state index in [1.807, 2.05) is 12.1 Å². The third kappa shape index (κ3) is 1.90. The maximum Gasteiger partial charge on any atom is 0.232 e. The molecule has 0 aliphatic rings. The third-order valence-corrected chi connectivity index (χ3v) is 3.74. The molecule has 6 heteroatoms. The average molecular weight is 315 g/mol. The third-order valence-electron chi connectivity index (χ3n) is 3.45. The molecule has 4 rings (SSSR count). The molecule has 2 aromatic carbocycles. The standard InChI is InChI=1S/C16H8ClFN2O2/c17-10-6-13-8(5-11(10)18)15(21)9(7-19-13)16-20-12-3-1-2-4-14(12)22-16/h1-7H,(H,19,21). The summed E-state index contributed by atoms with van der Waals surface area (Å²) in [5, 5.41) is 0.152. The second-order valence-electron chi connectivity index (χ2n) is 4.83. The van der Waals surface area contributed by atoms with E-state index in [4.69, 9.17) is 16.0 Å². The molecule has 0 saturated heterocycles. The van der Waals surface area contributed by atoms with Crippen molar-refractivity contribution >= 4 is 33.6 Å². The monoisotopic (exact) mass is 314 g/mol. The van der Waals surface area contributed by atoms with Crippen LogP contribution in [0.5, 0.6) is 0 Å². The molecular weight excluding hydrogens is 307 g/mol. The van der Waals surface area contributed by atoms with Crippen molar-refractivity contribution in [2.45, 2.75) is 0 Å². The highest BCUT2D eigenvalue weighted by Crippen LogP contribution is 2.24. The minimum atomic E-state index is -0.644. The molecule has 4 aromatic rings. The molecule has 0 amide bonds. The Morgan fingerprint density at radius 2 is 2.05 bits per heavy atom. The van der Waals surface area contributed by atoms with E-state index in [0.29, 0.717) is 16.6 Å². The Balaban J connectivity index is 2.00. The molecule has 108 valence electrons. The van der Waals surface area contributed by atoms with Gasteiger partial charge in [0.05, 0.1) is 10.5 Å². The van der Waals surface area contributed by atoms with Crippen LogP contribution in [0.4, 0.5) is 4.39 Å². The maximum atomic E-state index is 13.6. The number of aromatic nitrogens is 2.